The third-order valence-electron chi connectivity index (χ3n) is 4.74. The lowest BCUT2D eigenvalue weighted by Gasteiger charge is -2.28. The number of aromatic nitrogens is 3. The van der Waals surface area contributed by atoms with Crippen molar-refractivity contribution in [2.24, 2.45) is 0 Å². The third kappa shape index (κ3) is 2.71. The Balaban J connectivity index is 1.56. The molecule has 0 radical (unpaired) electrons. The predicted molar refractivity (Wildman–Crippen MR) is 94.9 cm³/mol. The number of carbonyl (C=O) groups is 1. The molecule has 0 atom stereocenters. The number of aryl methyl sites for hydroxylation is 1. The highest BCUT2D eigenvalue weighted by Gasteiger charge is 2.39. The lowest BCUT2D eigenvalue weighted by atomic mass is 9.98. The first-order chi connectivity index (χ1) is 11.7. The second-order valence-electron chi connectivity index (χ2n) is 6.53. The lowest BCUT2D eigenvalue weighted by molar-refractivity contribution is -0.122. The zero-order chi connectivity index (χ0) is 16.6. The Hall–Kier alpha value is -2.21. The second-order valence-corrected chi connectivity index (χ2v) is 7.39. The van der Waals surface area contributed by atoms with E-state index in [-0.39, 0.29) is 11.4 Å². The second kappa shape index (κ2) is 6.02. The van der Waals surface area contributed by atoms with Crippen LogP contribution in [0.15, 0.2) is 29.6 Å². The van der Waals surface area contributed by atoms with E-state index in [1.807, 2.05) is 31.2 Å². The van der Waals surface area contributed by atoms with E-state index < -0.39 is 0 Å². The minimum atomic E-state index is -0.286. The number of aromatic amines is 1. The average molecular weight is 340 g/mol. The fraction of sp³-hybridized carbons (Fsp3) is 0.389. The smallest absolute Gasteiger partial charge is 0.226 e. The molecule has 24 heavy (non-hydrogen) atoms. The van der Waals surface area contributed by atoms with Crippen molar-refractivity contribution in [3.63, 3.8) is 0 Å². The van der Waals surface area contributed by atoms with Gasteiger partial charge in [0.05, 0.1) is 23.2 Å². The highest BCUT2D eigenvalue weighted by Crippen LogP contribution is 2.40. The Labute approximate surface area is 144 Å². The minimum Gasteiger partial charge on any atom is -0.344 e. The first kappa shape index (κ1) is 15.3. The van der Waals surface area contributed by atoms with Crippen LogP contribution < -0.4 is 5.32 Å². The molecule has 0 spiro atoms. The third-order valence-corrected chi connectivity index (χ3v) is 5.91. The van der Waals surface area contributed by atoms with Crippen molar-refractivity contribution in [1.82, 2.24) is 20.5 Å². The van der Waals surface area contributed by atoms with E-state index in [1.54, 1.807) is 11.3 Å². The molecule has 1 saturated carbocycles. The summed E-state index contributed by atoms with van der Waals surface area (Å²) in [6.45, 7) is 2.00. The van der Waals surface area contributed by atoms with Crippen LogP contribution in [0.25, 0.3) is 10.9 Å². The number of carbonyl (C=O) groups excluding carboxylic acids is 1. The normalized spacial score (nSPS) is 16.5. The maximum Gasteiger partial charge on any atom is 0.226 e. The maximum absolute atomic E-state index is 12.7. The molecule has 1 fully saturated rings. The van der Waals surface area contributed by atoms with Crippen molar-refractivity contribution in [1.29, 1.82) is 0 Å². The lowest BCUT2D eigenvalue weighted by Crippen LogP contribution is -2.44. The number of para-hydroxylation sites is 1. The maximum atomic E-state index is 12.7. The van der Waals surface area contributed by atoms with Crippen LogP contribution in [0.2, 0.25) is 0 Å². The topological polar surface area (TPSA) is 70.7 Å². The molecule has 2 heterocycles. The van der Waals surface area contributed by atoms with Crippen molar-refractivity contribution in [2.45, 2.75) is 44.6 Å². The number of nitrogens with zero attached hydrogens (tertiary/aromatic N) is 2. The Bertz CT molecular complexity index is 876. The number of nitrogens with one attached hydrogen (secondary N) is 2. The van der Waals surface area contributed by atoms with E-state index >= 15 is 0 Å². The van der Waals surface area contributed by atoms with Gasteiger partial charge in [0.2, 0.25) is 5.91 Å². The van der Waals surface area contributed by atoms with E-state index in [2.05, 4.69) is 25.9 Å². The van der Waals surface area contributed by atoms with Crippen LogP contribution in [0, 0.1) is 6.92 Å². The minimum absolute atomic E-state index is 0.0270. The number of benzene rings is 1. The summed E-state index contributed by atoms with van der Waals surface area (Å²) in [5, 5.41) is 14.7. The van der Waals surface area contributed by atoms with Gasteiger partial charge < -0.3 is 5.32 Å². The number of hydrogen-bond donors (Lipinski definition) is 2. The molecule has 4 rings (SSSR count). The summed E-state index contributed by atoms with van der Waals surface area (Å²) >= 11 is 1.65. The Morgan fingerprint density at radius 3 is 2.88 bits per heavy atom. The fourth-order valence-electron chi connectivity index (χ4n) is 3.57. The van der Waals surface area contributed by atoms with Crippen molar-refractivity contribution >= 4 is 28.1 Å². The van der Waals surface area contributed by atoms with Gasteiger partial charge >= 0.3 is 0 Å². The Kier molecular flexibility index (Phi) is 3.84. The van der Waals surface area contributed by atoms with Crippen molar-refractivity contribution in [3.05, 3.63) is 46.0 Å². The molecule has 5 nitrogen and oxygen atoms in total. The molecule has 0 unspecified atom stereocenters. The molecule has 6 heteroatoms. The van der Waals surface area contributed by atoms with Crippen molar-refractivity contribution < 1.29 is 4.79 Å². The fourth-order valence-corrected chi connectivity index (χ4v) is 4.58. The van der Waals surface area contributed by atoms with Gasteiger partial charge in [-0.1, -0.05) is 31.0 Å². The van der Waals surface area contributed by atoms with Gasteiger partial charge in [-0.05, 0) is 25.8 Å². The van der Waals surface area contributed by atoms with Gasteiger partial charge in [0.25, 0.3) is 0 Å². The van der Waals surface area contributed by atoms with E-state index in [1.165, 1.54) is 0 Å². The molecule has 1 aromatic carbocycles. The van der Waals surface area contributed by atoms with Gasteiger partial charge in [-0.3, -0.25) is 9.89 Å². The largest absolute Gasteiger partial charge is 0.344 e. The zero-order valence-corrected chi connectivity index (χ0v) is 14.4. The first-order valence-corrected chi connectivity index (χ1v) is 9.20. The van der Waals surface area contributed by atoms with E-state index in [4.69, 9.17) is 0 Å². The van der Waals surface area contributed by atoms with Crippen molar-refractivity contribution in [2.75, 3.05) is 0 Å². The highest BCUT2D eigenvalue weighted by atomic mass is 32.1. The van der Waals surface area contributed by atoms with Gasteiger partial charge in [-0.15, -0.1) is 11.3 Å². The van der Waals surface area contributed by atoms with E-state index in [0.29, 0.717) is 6.42 Å². The summed E-state index contributed by atoms with van der Waals surface area (Å²) in [4.78, 5) is 17.4. The predicted octanol–water partition coefficient (Wildman–Crippen LogP) is 3.46. The number of H-pyrrole nitrogens is 1. The van der Waals surface area contributed by atoms with Crippen LogP contribution >= 0.6 is 11.3 Å². The molecule has 2 N–H and O–H groups in total. The molecule has 2 aromatic heterocycles. The van der Waals surface area contributed by atoms with Crippen LogP contribution in [0.4, 0.5) is 0 Å². The molecular weight excluding hydrogens is 320 g/mol. The molecule has 1 aliphatic rings. The van der Waals surface area contributed by atoms with E-state index in [9.17, 15) is 4.79 Å². The van der Waals surface area contributed by atoms with Crippen LogP contribution in [-0.2, 0) is 16.8 Å². The van der Waals surface area contributed by atoms with Gasteiger partial charge in [0, 0.05) is 16.5 Å². The quantitative estimate of drug-likeness (QED) is 0.764. The van der Waals surface area contributed by atoms with E-state index in [0.717, 1.165) is 53.0 Å². The van der Waals surface area contributed by atoms with Gasteiger partial charge in [0.15, 0.2) is 0 Å². The molecule has 124 valence electrons. The van der Waals surface area contributed by atoms with Gasteiger partial charge in [0.1, 0.15) is 5.01 Å². The van der Waals surface area contributed by atoms with Gasteiger partial charge in [-0.25, -0.2) is 4.98 Å². The summed E-state index contributed by atoms with van der Waals surface area (Å²) in [6, 6.07) is 7.86. The summed E-state index contributed by atoms with van der Waals surface area (Å²) in [6.07, 6.45) is 4.51. The number of amides is 1. The van der Waals surface area contributed by atoms with Crippen LogP contribution in [0.3, 0.4) is 0 Å². The number of rotatable bonds is 4. The molecule has 0 saturated heterocycles. The Morgan fingerprint density at radius 1 is 1.33 bits per heavy atom. The highest BCUT2D eigenvalue weighted by molar-refractivity contribution is 7.09. The molecular formula is C18H20N4OS. The SMILES string of the molecule is Cc1csc(C2(NC(=O)Cc3[nH]nc4ccccc34)CCCC2)n1. The monoisotopic (exact) mass is 340 g/mol. The van der Waals surface area contributed by atoms with Crippen LogP contribution in [0.1, 0.15) is 42.1 Å². The zero-order valence-electron chi connectivity index (χ0n) is 13.6. The van der Waals surface area contributed by atoms with Crippen LogP contribution in [-0.4, -0.2) is 21.1 Å². The number of fused-ring (bicyclic) bond motifs is 1. The van der Waals surface area contributed by atoms with Crippen LogP contribution in [0.5, 0.6) is 0 Å². The molecule has 0 bridgehead atoms. The molecule has 0 aliphatic heterocycles. The standard InChI is InChI=1S/C18H20N4OS/c1-12-11-24-17(19-12)18(8-4-5-9-18)20-16(23)10-15-13-6-2-3-7-14(13)21-22-15/h2-3,6-7,11H,4-5,8-10H2,1H3,(H,20,23)(H,21,22). The van der Waals surface area contributed by atoms with Crippen molar-refractivity contribution in [3.8, 4) is 0 Å². The summed E-state index contributed by atoms with van der Waals surface area (Å²) in [5.74, 6) is 0.0270. The summed E-state index contributed by atoms with van der Waals surface area (Å²) in [5.41, 5.74) is 2.50. The first-order valence-electron chi connectivity index (χ1n) is 8.32. The van der Waals surface area contributed by atoms with Gasteiger partial charge in [-0.2, -0.15) is 5.10 Å². The number of thiazole rings is 1. The molecule has 1 amide bonds. The average Bonchev–Trinajstić information content (AvgIpc) is 3.29. The number of hydrogen-bond acceptors (Lipinski definition) is 4. The molecule has 1 aliphatic carbocycles. The molecule has 3 aromatic rings. The summed E-state index contributed by atoms with van der Waals surface area (Å²) < 4.78 is 0. The summed E-state index contributed by atoms with van der Waals surface area (Å²) in [7, 11) is 0. The Morgan fingerprint density at radius 2 is 2.12 bits per heavy atom.